The summed E-state index contributed by atoms with van der Waals surface area (Å²) >= 11 is 1.62. The summed E-state index contributed by atoms with van der Waals surface area (Å²) in [5, 5.41) is 2.78. The van der Waals surface area contributed by atoms with Crippen LogP contribution in [0.3, 0.4) is 0 Å². The average molecular weight is 348 g/mol. The Bertz CT molecular complexity index is 761. The van der Waals surface area contributed by atoms with Crippen molar-refractivity contribution in [3.63, 3.8) is 0 Å². The van der Waals surface area contributed by atoms with E-state index >= 15 is 0 Å². The van der Waals surface area contributed by atoms with E-state index in [1.807, 2.05) is 35.1 Å². The average Bonchev–Trinajstić information content (AvgIpc) is 3.16. The second kappa shape index (κ2) is 7.12. The zero-order valence-electron chi connectivity index (χ0n) is 13.7. The Kier molecular flexibility index (Phi) is 4.94. The maximum absolute atomic E-state index is 12.6. The van der Waals surface area contributed by atoms with Gasteiger partial charge >= 0.3 is 12.0 Å². The normalized spacial score (nSPS) is 14.5. The van der Waals surface area contributed by atoms with Gasteiger partial charge in [0.05, 0.1) is 18.1 Å². The molecule has 1 aliphatic heterocycles. The van der Waals surface area contributed by atoms with Crippen molar-refractivity contribution in [2.75, 3.05) is 30.6 Å². The number of fused-ring (bicyclic) bond motifs is 3. The van der Waals surface area contributed by atoms with Gasteiger partial charge in [-0.2, -0.15) is 11.8 Å². The summed E-state index contributed by atoms with van der Waals surface area (Å²) < 4.78 is 6.81. The maximum Gasteiger partial charge on any atom is 0.328 e. The first-order valence-electron chi connectivity index (χ1n) is 7.75. The lowest BCUT2D eigenvalue weighted by atomic mass is 10.2. The summed E-state index contributed by atoms with van der Waals surface area (Å²) in [5.74, 6) is 0.950. The molecule has 0 fully saturated rings. The second-order valence-corrected chi connectivity index (χ2v) is 6.50. The van der Waals surface area contributed by atoms with Gasteiger partial charge in [0.25, 0.3) is 0 Å². The molecule has 1 atom stereocenters. The quantitative estimate of drug-likeness (QED) is 0.835. The number of methoxy groups -OCH3 is 1. The molecule has 24 heavy (non-hydrogen) atoms. The zero-order valence-corrected chi connectivity index (χ0v) is 14.5. The number of nitrogens with zero attached hydrogens (tertiary/aromatic N) is 3. The van der Waals surface area contributed by atoms with E-state index < -0.39 is 12.0 Å². The van der Waals surface area contributed by atoms with Crippen LogP contribution in [0, 0.1) is 0 Å². The highest BCUT2D eigenvalue weighted by Crippen LogP contribution is 2.27. The molecule has 0 radical (unpaired) electrons. The Morgan fingerprint density at radius 2 is 2.17 bits per heavy atom. The molecule has 2 heterocycles. The van der Waals surface area contributed by atoms with E-state index in [0.29, 0.717) is 25.5 Å². The van der Waals surface area contributed by atoms with Crippen molar-refractivity contribution in [2.24, 2.45) is 0 Å². The summed E-state index contributed by atoms with van der Waals surface area (Å²) in [5.41, 5.74) is 1.87. The Balaban J connectivity index is 1.78. The van der Waals surface area contributed by atoms with Crippen LogP contribution in [-0.2, 0) is 16.1 Å². The SMILES string of the molecule is COC(=O)[C@@H](CCSC)NC(=O)N1CCn2c1nc1ccccc12. The number of ether oxygens (including phenoxy) is 1. The third-order valence-electron chi connectivity index (χ3n) is 4.06. The number of thioether (sulfide) groups is 1. The van der Waals surface area contributed by atoms with Crippen LogP contribution in [-0.4, -0.2) is 53.3 Å². The fourth-order valence-electron chi connectivity index (χ4n) is 2.84. The predicted molar refractivity (Wildman–Crippen MR) is 94.4 cm³/mol. The highest BCUT2D eigenvalue weighted by atomic mass is 32.2. The minimum absolute atomic E-state index is 0.319. The van der Waals surface area contributed by atoms with E-state index in [9.17, 15) is 9.59 Å². The van der Waals surface area contributed by atoms with Gasteiger partial charge in [-0.3, -0.25) is 4.90 Å². The number of rotatable bonds is 5. The minimum atomic E-state index is -0.645. The summed E-state index contributed by atoms with van der Waals surface area (Å²) in [6.07, 6.45) is 2.49. The third-order valence-corrected chi connectivity index (χ3v) is 4.71. The van der Waals surface area contributed by atoms with Crippen LogP contribution in [0.15, 0.2) is 24.3 Å². The monoisotopic (exact) mass is 348 g/mol. The molecule has 0 saturated heterocycles. The minimum Gasteiger partial charge on any atom is -0.467 e. The van der Waals surface area contributed by atoms with Crippen LogP contribution in [0.2, 0.25) is 0 Å². The van der Waals surface area contributed by atoms with Gasteiger partial charge in [-0.05, 0) is 30.6 Å². The number of imidazole rings is 1. The van der Waals surface area contributed by atoms with E-state index in [-0.39, 0.29) is 6.03 Å². The molecular weight excluding hydrogens is 328 g/mol. The predicted octanol–water partition coefficient (Wildman–Crippen LogP) is 1.86. The molecular formula is C16H20N4O3S. The third kappa shape index (κ3) is 3.06. The second-order valence-electron chi connectivity index (χ2n) is 5.51. The fraction of sp³-hybridized carbons (Fsp3) is 0.438. The number of benzene rings is 1. The van der Waals surface area contributed by atoms with Gasteiger partial charge in [-0.1, -0.05) is 12.1 Å². The molecule has 1 aromatic carbocycles. The Labute approximate surface area is 144 Å². The molecule has 7 nitrogen and oxygen atoms in total. The van der Waals surface area contributed by atoms with E-state index in [4.69, 9.17) is 4.74 Å². The molecule has 1 aliphatic rings. The lowest BCUT2D eigenvalue weighted by Gasteiger charge is -2.20. The first kappa shape index (κ1) is 16.6. The first-order valence-corrected chi connectivity index (χ1v) is 9.15. The Hall–Kier alpha value is -2.22. The number of aromatic nitrogens is 2. The molecule has 0 bridgehead atoms. The summed E-state index contributed by atoms with van der Waals surface area (Å²) in [6.45, 7) is 1.23. The molecule has 0 aliphatic carbocycles. The number of urea groups is 1. The van der Waals surface area contributed by atoms with Crippen molar-refractivity contribution in [3.05, 3.63) is 24.3 Å². The number of nitrogens with one attached hydrogen (secondary N) is 1. The molecule has 2 amide bonds. The van der Waals surface area contributed by atoms with E-state index in [2.05, 4.69) is 10.3 Å². The van der Waals surface area contributed by atoms with E-state index in [0.717, 1.165) is 16.8 Å². The van der Waals surface area contributed by atoms with Gasteiger partial charge in [0.2, 0.25) is 5.95 Å². The van der Waals surface area contributed by atoms with Crippen molar-refractivity contribution in [1.29, 1.82) is 0 Å². The van der Waals surface area contributed by atoms with Crippen molar-refractivity contribution < 1.29 is 14.3 Å². The van der Waals surface area contributed by atoms with Crippen LogP contribution in [0.4, 0.5) is 10.7 Å². The molecule has 0 unspecified atom stereocenters. The molecule has 0 spiro atoms. The molecule has 1 aromatic heterocycles. The van der Waals surface area contributed by atoms with Crippen molar-refractivity contribution >= 4 is 40.7 Å². The number of amides is 2. The van der Waals surface area contributed by atoms with Crippen LogP contribution < -0.4 is 10.2 Å². The molecule has 1 N–H and O–H groups in total. The topological polar surface area (TPSA) is 76.5 Å². The smallest absolute Gasteiger partial charge is 0.328 e. The van der Waals surface area contributed by atoms with Gasteiger partial charge in [0, 0.05) is 13.1 Å². The van der Waals surface area contributed by atoms with Gasteiger partial charge in [-0.15, -0.1) is 0 Å². The number of para-hydroxylation sites is 2. The van der Waals surface area contributed by atoms with Crippen LogP contribution in [0.5, 0.6) is 0 Å². The van der Waals surface area contributed by atoms with Crippen LogP contribution in [0.1, 0.15) is 6.42 Å². The number of carbonyl (C=O) groups excluding carboxylic acids is 2. The van der Waals surface area contributed by atoms with Crippen LogP contribution >= 0.6 is 11.8 Å². The van der Waals surface area contributed by atoms with Gasteiger partial charge in [-0.25, -0.2) is 14.6 Å². The number of hydrogen-bond acceptors (Lipinski definition) is 5. The Morgan fingerprint density at radius 1 is 1.38 bits per heavy atom. The van der Waals surface area contributed by atoms with E-state index in [1.165, 1.54) is 7.11 Å². The van der Waals surface area contributed by atoms with E-state index in [1.54, 1.807) is 16.7 Å². The van der Waals surface area contributed by atoms with Gasteiger partial charge in [0.15, 0.2) is 0 Å². The number of anilines is 1. The van der Waals surface area contributed by atoms with Crippen molar-refractivity contribution in [3.8, 4) is 0 Å². The molecule has 128 valence electrons. The highest BCUT2D eigenvalue weighted by Gasteiger charge is 2.31. The lowest BCUT2D eigenvalue weighted by molar-refractivity contribution is -0.142. The largest absolute Gasteiger partial charge is 0.467 e. The van der Waals surface area contributed by atoms with Crippen LogP contribution in [0.25, 0.3) is 11.0 Å². The fourth-order valence-corrected chi connectivity index (χ4v) is 3.31. The lowest BCUT2D eigenvalue weighted by Crippen LogP contribution is -2.48. The Morgan fingerprint density at radius 3 is 2.92 bits per heavy atom. The number of esters is 1. The summed E-state index contributed by atoms with van der Waals surface area (Å²) in [4.78, 5) is 30.6. The summed E-state index contributed by atoms with van der Waals surface area (Å²) in [7, 11) is 1.33. The molecule has 8 heteroatoms. The highest BCUT2D eigenvalue weighted by molar-refractivity contribution is 7.98. The van der Waals surface area contributed by atoms with Crippen molar-refractivity contribution in [2.45, 2.75) is 19.0 Å². The molecule has 2 aromatic rings. The summed E-state index contributed by atoms with van der Waals surface area (Å²) in [6, 6.07) is 6.82. The standard InChI is InChI=1S/C16H20N4O3S/c1-23-14(21)12(7-10-24-2)18-16(22)20-9-8-19-13-6-4-3-5-11(13)17-15(19)20/h3-6,12H,7-10H2,1-2H3,(H,18,22)/t12-/m1/s1. The molecule has 0 saturated carbocycles. The number of carbonyl (C=O) groups is 2. The van der Waals surface area contributed by atoms with Gasteiger partial charge < -0.3 is 14.6 Å². The number of hydrogen-bond donors (Lipinski definition) is 1. The zero-order chi connectivity index (χ0) is 17.1. The van der Waals surface area contributed by atoms with Gasteiger partial charge in [0.1, 0.15) is 6.04 Å². The molecule has 3 rings (SSSR count). The maximum atomic E-state index is 12.6. The first-order chi connectivity index (χ1) is 11.7. The van der Waals surface area contributed by atoms with Crippen molar-refractivity contribution in [1.82, 2.24) is 14.9 Å².